The number of benzene rings is 7. The van der Waals surface area contributed by atoms with E-state index in [0.29, 0.717) is 0 Å². The molecule has 0 atom stereocenters. The lowest BCUT2D eigenvalue weighted by molar-refractivity contribution is 0.547. The van der Waals surface area contributed by atoms with Crippen molar-refractivity contribution in [3.05, 3.63) is 191 Å². The van der Waals surface area contributed by atoms with E-state index in [9.17, 15) is 0 Å². The van der Waals surface area contributed by atoms with Crippen LogP contribution in [0, 0.1) is 0 Å². The summed E-state index contributed by atoms with van der Waals surface area (Å²) in [5.41, 5.74) is 24.4. The van der Waals surface area contributed by atoms with Gasteiger partial charge in [-0.25, -0.2) is 0 Å². The van der Waals surface area contributed by atoms with Gasteiger partial charge in [0.1, 0.15) is 0 Å². The molecule has 7 aromatic rings. The number of anilines is 5. The predicted molar refractivity (Wildman–Crippen MR) is 287 cm³/mol. The fourth-order valence-electron chi connectivity index (χ4n) is 11.3. The van der Waals surface area contributed by atoms with Gasteiger partial charge >= 0.3 is 0 Å². The zero-order valence-electron chi connectivity index (χ0n) is 41.9. The van der Waals surface area contributed by atoms with Crippen LogP contribution < -0.4 is 20.7 Å². The molecule has 0 spiro atoms. The molecule has 0 saturated carbocycles. The summed E-state index contributed by atoms with van der Waals surface area (Å²) >= 11 is 0. The van der Waals surface area contributed by atoms with E-state index in [2.05, 4.69) is 258 Å². The summed E-state index contributed by atoms with van der Waals surface area (Å²) in [6.07, 6.45) is 0. The van der Waals surface area contributed by atoms with Crippen LogP contribution in [0.25, 0.3) is 27.7 Å². The first-order chi connectivity index (χ1) is 31.0. The van der Waals surface area contributed by atoms with E-state index in [0.717, 1.165) is 0 Å². The minimum Gasteiger partial charge on any atom is -0.314 e. The van der Waals surface area contributed by atoms with Crippen molar-refractivity contribution in [2.75, 3.05) is 9.80 Å². The molecule has 0 unspecified atom stereocenters. The minimum atomic E-state index is -0.325. The fraction of sp³-hybridized carbons (Fsp3) is 0.302. The van der Waals surface area contributed by atoms with Crippen LogP contribution in [0.3, 0.4) is 0 Å². The molecule has 0 amide bonds. The molecule has 3 aliphatic rings. The van der Waals surface area contributed by atoms with Gasteiger partial charge in [-0.15, -0.1) is 0 Å². The molecule has 0 bridgehead atoms. The van der Waals surface area contributed by atoms with E-state index >= 15 is 0 Å². The number of hydrogen-bond donors (Lipinski definition) is 0. The van der Waals surface area contributed by atoms with E-state index in [1.807, 2.05) is 0 Å². The summed E-state index contributed by atoms with van der Waals surface area (Å²) in [5, 5.41) is 0. The van der Waals surface area contributed by atoms with Gasteiger partial charge in [-0.05, 0) is 136 Å². The van der Waals surface area contributed by atoms with Crippen LogP contribution in [0.1, 0.15) is 130 Å². The highest BCUT2D eigenvalue weighted by Crippen LogP contribution is 2.58. The lowest BCUT2D eigenvalue weighted by atomic mass is 9.32. The van der Waals surface area contributed by atoms with Crippen molar-refractivity contribution in [2.45, 2.75) is 124 Å². The zero-order valence-corrected chi connectivity index (χ0v) is 41.9. The molecule has 7 aromatic carbocycles. The van der Waals surface area contributed by atoms with Crippen LogP contribution in [-0.2, 0) is 27.1 Å². The van der Waals surface area contributed by atoms with Crippen LogP contribution >= 0.6 is 0 Å². The molecule has 332 valence electrons. The Kier molecular flexibility index (Phi) is 9.94. The van der Waals surface area contributed by atoms with Crippen molar-refractivity contribution in [1.29, 1.82) is 0 Å². The monoisotopic (exact) mass is 863 g/mol. The standard InChI is InChI=1S/C63H67BN2/c1-59(2,3)42-27-32-45(33-28-42)65-52-36-31-44(61(7,8)9)39-51(52)64-56-49-25-20-26-50(62(10,11)12)55(49)63(13,14)58(56)66(46-34-29-43(30-35-46)60(4,5)6)54-38-41(37-53(65)57(54)64)48-24-19-18-23-47(48)40-21-16-15-17-22-40/h15-39H,1-14H3. The Labute approximate surface area is 396 Å². The molecule has 3 heteroatoms. The van der Waals surface area contributed by atoms with Crippen LogP contribution in [0.4, 0.5) is 28.4 Å². The maximum Gasteiger partial charge on any atom is 0.252 e. The zero-order chi connectivity index (χ0) is 46.9. The quantitative estimate of drug-likeness (QED) is 0.163. The van der Waals surface area contributed by atoms with Gasteiger partial charge in [0.15, 0.2) is 0 Å². The normalized spacial score (nSPS) is 15.4. The molecule has 2 nitrogen and oxygen atoms in total. The average molecular weight is 863 g/mol. The molecule has 10 rings (SSSR count). The summed E-state index contributed by atoms with van der Waals surface area (Å²) in [6.45, 7) is 33.1. The average Bonchev–Trinajstić information content (AvgIpc) is 3.51. The van der Waals surface area contributed by atoms with Gasteiger partial charge in [0.2, 0.25) is 0 Å². The summed E-state index contributed by atoms with van der Waals surface area (Å²) in [5.74, 6) is 0. The number of fused-ring (bicyclic) bond motifs is 5. The lowest BCUT2D eigenvalue weighted by Crippen LogP contribution is -2.56. The minimum absolute atomic E-state index is 0.00772. The van der Waals surface area contributed by atoms with Gasteiger partial charge in [-0.3, -0.25) is 0 Å². The summed E-state index contributed by atoms with van der Waals surface area (Å²) in [4.78, 5) is 5.29. The van der Waals surface area contributed by atoms with Gasteiger partial charge in [-0.2, -0.15) is 0 Å². The molecule has 0 aromatic heterocycles. The third-order valence-corrected chi connectivity index (χ3v) is 14.8. The second-order valence-electron chi connectivity index (χ2n) is 23.9. The first kappa shape index (κ1) is 43.8. The highest BCUT2D eigenvalue weighted by atomic mass is 15.2. The van der Waals surface area contributed by atoms with E-state index in [4.69, 9.17) is 0 Å². The van der Waals surface area contributed by atoms with Crippen LogP contribution in [0.2, 0.25) is 0 Å². The largest absolute Gasteiger partial charge is 0.314 e. The second-order valence-corrected chi connectivity index (χ2v) is 23.9. The smallest absolute Gasteiger partial charge is 0.252 e. The number of allylic oxidation sites excluding steroid dienone is 1. The van der Waals surface area contributed by atoms with E-state index in [-0.39, 0.29) is 33.8 Å². The van der Waals surface area contributed by atoms with Crippen molar-refractivity contribution < 1.29 is 0 Å². The Balaban J connectivity index is 1.37. The first-order valence-corrected chi connectivity index (χ1v) is 24.2. The predicted octanol–water partition coefficient (Wildman–Crippen LogP) is 16.0. The van der Waals surface area contributed by atoms with Crippen LogP contribution in [0.15, 0.2) is 157 Å². The van der Waals surface area contributed by atoms with E-state index in [1.165, 1.54) is 106 Å². The maximum atomic E-state index is 2.69. The van der Waals surface area contributed by atoms with Crippen LogP contribution in [0.5, 0.6) is 0 Å². The molecule has 0 saturated heterocycles. The van der Waals surface area contributed by atoms with E-state index in [1.54, 1.807) is 0 Å². The Morgan fingerprint density at radius 3 is 1.44 bits per heavy atom. The summed E-state index contributed by atoms with van der Waals surface area (Å²) < 4.78 is 0. The van der Waals surface area contributed by atoms with Gasteiger partial charge in [0.05, 0.1) is 0 Å². The highest BCUT2D eigenvalue weighted by Gasteiger charge is 2.54. The molecule has 0 N–H and O–H groups in total. The number of hydrogen-bond acceptors (Lipinski definition) is 2. The third kappa shape index (κ3) is 6.99. The molecule has 0 radical (unpaired) electrons. The molecule has 0 fully saturated rings. The van der Waals surface area contributed by atoms with Gasteiger partial charge in [0, 0.05) is 39.5 Å². The Morgan fingerprint density at radius 2 is 0.894 bits per heavy atom. The van der Waals surface area contributed by atoms with Crippen molar-refractivity contribution in [3.8, 4) is 22.3 Å². The number of rotatable bonds is 4. The molecule has 2 aliphatic heterocycles. The lowest BCUT2D eigenvalue weighted by Gasteiger charge is -2.47. The first-order valence-electron chi connectivity index (χ1n) is 24.2. The van der Waals surface area contributed by atoms with Gasteiger partial charge in [-0.1, -0.05) is 206 Å². The van der Waals surface area contributed by atoms with E-state index < -0.39 is 0 Å². The van der Waals surface area contributed by atoms with Crippen molar-refractivity contribution in [2.24, 2.45) is 0 Å². The van der Waals surface area contributed by atoms with Gasteiger partial charge in [0.25, 0.3) is 6.71 Å². The SMILES string of the molecule is CC(C)(C)c1ccc(N2C3=C(B4c5cc(C(C)(C)C)ccc5N(c5ccc(C(C)(C)C)cc5)c5cc(-c6ccccc6-c6ccccc6)cc2c54)c2cccc(C(C)(C)C)c2C3(C)C)cc1. The van der Waals surface area contributed by atoms with Crippen molar-refractivity contribution in [1.82, 2.24) is 0 Å². The molecular formula is C63H67BN2. The molecule has 1 aliphatic carbocycles. The molecular weight excluding hydrogens is 796 g/mol. The Morgan fingerprint density at radius 1 is 0.409 bits per heavy atom. The highest BCUT2D eigenvalue weighted by molar-refractivity contribution is 7.03. The van der Waals surface area contributed by atoms with Gasteiger partial charge < -0.3 is 9.80 Å². The molecule has 2 heterocycles. The van der Waals surface area contributed by atoms with Crippen LogP contribution in [-0.4, -0.2) is 6.71 Å². The maximum absolute atomic E-state index is 2.69. The Bertz CT molecular complexity index is 3070. The Hall–Kier alpha value is -6.06. The topological polar surface area (TPSA) is 6.48 Å². The third-order valence-electron chi connectivity index (χ3n) is 14.8. The number of nitrogens with zero attached hydrogens (tertiary/aromatic N) is 2. The second kappa shape index (κ2) is 15.0. The fourth-order valence-corrected chi connectivity index (χ4v) is 11.3. The molecule has 66 heavy (non-hydrogen) atoms. The summed E-state index contributed by atoms with van der Waals surface area (Å²) in [7, 11) is 0. The van der Waals surface area contributed by atoms with Crippen molar-refractivity contribution >= 4 is 51.5 Å². The van der Waals surface area contributed by atoms with Crippen molar-refractivity contribution in [3.63, 3.8) is 0 Å². The summed E-state index contributed by atoms with van der Waals surface area (Å²) in [6, 6.07) is 58.5.